The molecule has 0 amide bonds. The second kappa shape index (κ2) is 4.61. The molecule has 0 saturated carbocycles. The number of hydrogen-bond acceptors (Lipinski definition) is 1. The number of ketones is 1. The minimum absolute atomic E-state index is 0.0339. The van der Waals surface area contributed by atoms with Crippen molar-refractivity contribution in [2.75, 3.05) is 0 Å². The summed E-state index contributed by atoms with van der Waals surface area (Å²) in [7, 11) is 0. The van der Waals surface area contributed by atoms with Gasteiger partial charge in [0, 0.05) is 0 Å². The van der Waals surface area contributed by atoms with E-state index in [2.05, 4.69) is 13.0 Å². The first kappa shape index (κ1) is 11.3. The number of halogens is 1. The normalized spacial score (nSPS) is 12.6. The van der Waals surface area contributed by atoms with Gasteiger partial charge in [-0.2, -0.15) is 0 Å². The molecule has 1 atom stereocenters. The number of rotatable bonds is 3. The highest BCUT2D eigenvalue weighted by atomic mass is 35.5. The molecule has 1 nitrogen and oxygen atoms in total. The van der Waals surface area contributed by atoms with Crippen molar-refractivity contribution < 1.29 is 4.79 Å². The second-order valence-corrected chi connectivity index (χ2v) is 4.24. The Balaban J connectivity index is 2.82. The van der Waals surface area contributed by atoms with Crippen molar-refractivity contribution >= 4 is 17.4 Å². The Labute approximate surface area is 90.1 Å². The summed E-state index contributed by atoms with van der Waals surface area (Å²) < 4.78 is 0. The van der Waals surface area contributed by atoms with Gasteiger partial charge in [0.05, 0.1) is 5.38 Å². The van der Waals surface area contributed by atoms with E-state index in [0.29, 0.717) is 6.42 Å². The molecular weight excluding hydrogens is 196 g/mol. The smallest absolute Gasteiger partial charge is 0.147 e. The largest absolute Gasteiger partial charge is 0.298 e. The highest BCUT2D eigenvalue weighted by molar-refractivity contribution is 6.30. The van der Waals surface area contributed by atoms with Gasteiger partial charge in [-0.3, -0.25) is 4.79 Å². The van der Waals surface area contributed by atoms with Crippen molar-refractivity contribution in [1.82, 2.24) is 0 Å². The van der Waals surface area contributed by atoms with Crippen molar-refractivity contribution in [2.45, 2.75) is 32.6 Å². The van der Waals surface area contributed by atoms with Crippen LogP contribution in [0.1, 0.15) is 23.6 Å². The summed E-state index contributed by atoms with van der Waals surface area (Å²) in [5.74, 6) is 0.0339. The van der Waals surface area contributed by atoms with Gasteiger partial charge < -0.3 is 0 Å². The van der Waals surface area contributed by atoms with E-state index >= 15 is 0 Å². The number of benzene rings is 1. The first-order valence-electron chi connectivity index (χ1n) is 4.71. The predicted octanol–water partition coefficient (Wildman–Crippen LogP) is 3.04. The number of Topliss-reactive ketones (excluding diaryl/α,β-unsaturated/α-hetero) is 1. The van der Waals surface area contributed by atoms with E-state index in [9.17, 15) is 4.79 Å². The van der Waals surface area contributed by atoms with Crippen LogP contribution in [-0.2, 0) is 11.2 Å². The molecule has 0 fully saturated rings. The lowest BCUT2D eigenvalue weighted by Gasteiger charge is -2.09. The van der Waals surface area contributed by atoms with Crippen molar-refractivity contribution in [3.8, 4) is 0 Å². The third-order valence-electron chi connectivity index (χ3n) is 2.34. The van der Waals surface area contributed by atoms with Crippen molar-refractivity contribution in [3.05, 3.63) is 34.9 Å². The van der Waals surface area contributed by atoms with E-state index in [1.165, 1.54) is 18.1 Å². The Bertz CT molecular complexity index is 344. The fourth-order valence-corrected chi connectivity index (χ4v) is 1.58. The summed E-state index contributed by atoms with van der Waals surface area (Å²) in [4.78, 5) is 11.0. The Hall–Kier alpha value is -0.820. The molecule has 1 rings (SSSR count). The third kappa shape index (κ3) is 2.85. The molecule has 0 saturated heterocycles. The van der Waals surface area contributed by atoms with Gasteiger partial charge in [0.2, 0.25) is 0 Å². The maximum Gasteiger partial charge on any atom is 0.147 e. The van der Waals surface area contributed by atoms with Gasteiger partial charge in [0.1, 0.15) is 5.78 Å². The molecular formula is C12H15ClO. The van der Waals surface area contributed by atoms with E-state index in [1.807, 2.05) is 19.1 Å². The zero-order valence-corrected chi connectivity index (χ0v) is 9.56. The zero-order chi connectivity index (χ0) is 10.7. The summed E-state index contributed by atoms with van der Waals surface area (Å²) in [6, 6.07) is 6.20. The van der Waals surface area contributed by atoms with Gasteiger partial charge in [-0.1, -0.05) is 23.8 Å². The van der Waals surface area contributed by atoms with Gasteiger partial charge in [0.15, 0.2) is 0 Å². The lowest BCUT2D eigenvalue weighted by Crippen LogP contribution is -2.13. The van der Waals surface area contributed by atoms with Crippen molar-refractivity contribution in [3.63, 3.8) is 0 Å². The van der Waals surface area contributed by atoms with Crippen LogP contribution in [0, 0.1) is 13.8 Å². The quantitative estimate of drug-likeness (QED) is 0.701. The van der Waals surface area contributed by atoms with Crippen LogP contribution in [0.2, 0.25) is 0 Å². The van der Waals surface area contributed by atoms with E-state index in [-0.39, 0.29) is 5.78 Å². The van der Waals surface area contributed by atoms with Gasteiger partial charge in [0.25, 0.3) is 0 Å². The average Bonchev–Trinajstić information content (AvgIpc) is 2.09. The van der Waals surface area contributed by atoms with E-state index in [0.717, 1.165) is 5.56 Å². The first-order chi connectivity index (χ1) is 6.50. The highest BCUT2D eigenvalue weighted by Gasteiger charge is 2.11. The molecule has 0 N–H and O–H groups in total. The Morgan fingerprint density at radius 2 is 2.07 bits per heavy atom. The standard InChI is InChI=1S/C12H15ClO/c1-8-4-5-11(9(2)6-8)7-12(13)10(3)14/h4-6,12H,7H2,1-3H3. The summed E-state index contributed by atoms with van der Waals surface area (Å²) in [5.41, 5.74) is 3.60. The van der Waals surface area contributed by atoms with Crippen LogP contribution < -0.4 is 0 Å². The molecule has 1 unspecified atom stereocenters. The molecule has 0 aromatic heterocycles. The average molecular weight is 211 g/mol. The maximum atomic E-state index is 11.0. The number of hydrogen-bond donors (Lipinski definition) is 0. The molecule has 0 aliphatic carbocycles. The molecule has 0 aliphatic rings. The van der Waals surface area contributed by atoms with Gasteiger partial charge >= 0.3 is 0 Å². The molecule has 76 valence electrons. The lowest BCUT2D eigenvalue weighted by atomic mass is 10.0. The van der Waals surface area contributed by atoms with Crippen LogP contribution in [0.3, 0.4) is 0 Å². The summed E-state index contributed by atoms with van der Waals surface area (Å²) in [6.07, 6.45) is 0.628. The fraction of sp³-hybridized carbons (Fsp3) is 0.417. The molecule has 2 heteroatoms. The summed E-state index contributed by atoms with van der Waals surface area (Å²) >= 11 is 5.91. The van der Waals surface area contributed by atoms with Gasteiger partial charge in [-0.25, -0.2) is 0 Å². The molecule has 1 aromatic carbocycles. The number of aryl methyl sites for hydroxylation is 2. The minimum atomic E-state index is -0.392. The van der Waals surface area contributed by atoms with Crippen LogP contribution in [0.25, 0.3) is 0 Å². The monoisotopic (exact) mass is 210 g/mol. The molecule has 14 heavy (non-hydrogen) atoms. The van der Waals surface area contributed by atoms with Gasteiger partial charge in [-0.15, -0.1) is 11.6 Å². The zero-order valence-electron chi connectivity index (χ0n) is 8.80. The maximum absolute atomic E-state index is 11.0. The molecule has 0 radical (unpaired) electrons. The van der Waals surface area contributed by atoms with Crippen LogP contribution in [0.15, 0.2) is 18.2 Å². The minimum Gasteiger partial charge on any atom is -0.298 e. The van der Waals surface area contributed by atoms with Crippen LogP contribution in [0.4, 0.5) is 0 Å². The van der Waals surface area contributed by atoms with Crippen LogP contribution >= 0.6 is 11.6 Å². The molecule has 0 aliphatic heterocycles. The lowest BCUT2D eigenvalue weighted by molar-refractivity contribution is -0.116. The number of carbonyl (C=O) groups excluding carboxylic acids is 1. The predicted molar refractivity (Wildman–Crippen MR) is 59.9 cm³/mol. The highest BCUT2D eigenvalue weighted by Crippen LogP contribution is 2.15. The topological polar surface area (TPSA) is 17.1 Å². The Kier molecular flexibility index (Phi) is 3.70. The fourth-order valence-electron chi connectivity index (χ4n) is 1.41. The molecule has 0 spiro atoms. The summed E-state index contributed by atoms with van der Waals surface area (Å²) in [5, 5.41) is -0.392. The molecule has 0 heterocycles. The Morgan fingerprint density at radius 1 is 1.43 bits per heavy atom. The van der Waals surface area contributed by atoms with E-state index < -0.39 is 5.38 Å². The first-order valence-corrected chi connectivity index (χ1v) is 5.15. The van der Waals surface area contributed by atoms with E-state index in [4.69, 9.17) is 11.6 Å². The summed E-state index contributed by atoms with van der Waals surface area (Å²) in [6.45, 7) is 5.63. The second-order valence-electron chi connectivity index (χ2n) is 3.71. The van der Waals surface area contributed by atoms with Gasteiger partial charge in [-0.05, 0) is 38.3 Å². The van der Waals surface area contributed by atoms with Crippen molar-refractivity contribution in [2.24, 2.45) is 0 Å². The van der Waals surface area contributed by atoms with Crippen molar-refractivity contribution in [1.29, 1.82) is 0 Å². The Morgan fingerprint density at radius 3 is 2.57 bits per heavy atom. The molecule has 0 bridgehead atoms. The van der Waals surface area contributed by atoms with Crippen LogP contribution in [0.5, 0.6) is 0 Å². The van der Waals surface area contributed by atoms with E-state index in [1.54, 1.807) is 0 Å². The number of carbonyl (C=O) groups is 1. The third-order valence-corrected chi connectivity index (χ3v) is 2.80. The molecule has 1 aromatic rings. The van der Waals surface area contributed by atoms with Crippen LogP contribution in [-0.4, -0.2) is 11.2 Å². The SMILES string of the molecule is CC(=O)C(Cl)Cc1ccc(C)cc1C. The number of alkyl halides is 1.